The van der Waals surface area contributed by atoms with Crippen LogP contribution in [0.15, 0.2) is 36.5 Å². The zero-order valence-corrected chi connectivity index (χ0v) is 17.5. The molecule has 1 saturated heterocycles. The van der Waals surface area contributed by atoms with E-state index in [4.69, 9.17) is 33.7 Å². The Morgan fingerprint density at radius 1 is 1.17 bits per heavy atom. The molecule has 0 bridgehead atoms. The summed E-state index contributed by atoms with van der Waals surface area (Å²) < 4.78 is 5.30. The lowest BCUT2D eigenvalue weighted by molar-refractivity contribution is -0.124. The Morgan fingerprint density at radius 2 is 1.83 bits per heavy atom. The summed E-state index contributed by atoms with van der Waals surface area (Å²) in [6.07, 6.45) is 1.46. The van der Waals surface area contributed by atoms with Crippen molar-refractivity contribution < 1.29 is 14.3 Å². The number of amides is 2. The van der Waals surface area contributed by atoms with Crippen molar-refractivity contribution in [1.29, 1.82) is 0 Å². The number of nitrogens with two attached hydrogens (primary N) is 1. The summed E-state index contributed by atoms with van der Waals surface area (Å²) in [7, 11) is 0. The number of aromatic nitrogens is 1. The molecule has 1 aliphatic rings. The van der Waals surface area contributed by atoms with Crippen LogP contribution in [-0.2, 0) is 4.79 Å². The minimum atomic E-state index is -0.564. The average Bonchev–Trinajstić information content (AvgIpc) is 2.71. The Morgan fingerprint density at radius 3 is 2.38 bits per heavy atom. The molecule has 2 amide bonds. The van der Waals surface area contributed by atoms with Crippen LogP contribution >= 0.6 is 23.2 Å². The molecular formula is C20H22Cl2N4O3. The van der Waals surface area contributed by atoms with E-state index in [0.29, 0.717) is 54.3 Å². The Kier molecular flexibility index (Phi) is 6.95. The molecule has 2 N–H and O–H groups in total. The van der Waals surface area contributed by atoms with Gasteiger partial charge in [-0.2, -0.15) is 0 Å². The second kappa shape index (κ2) is 9.43. The zero-order chi connectivity index (χ0) is 21.0. The minimum Gasteiger partial charge on any atom is -0.477 e. The molecule has 2 aromatic rings. The van der Waals surface area contributed by atoms with Crippen molar-refractivity contribution in [3.05, 3.63) is 57.7 Å². The first-order valence-corrected chi connectivity index (χ1v) is 10.0. The molecule has 0 spiro atoms. The summed E-state index contributed by atoms with van der Waals surface area (Å²) in [5, 5.41) is 0.892. The summed E-state index contributed by atoms with van der Waals surface area (Å²) in [6.45, 7) is 4.22. The Balaban J connectivity index is 1.67. The zero-order valence-electron chi connectivity index (χ0n) is 16.0. The number of rotatable bonds is 6. The predicted molar refractivity (Wildman–Crippen MR) is 111 cm³/mol. The molecule has 1 aromatic carbocycles. The van der Waals surface area contributed by atoms with Crippen LogP contribution in [0.25, 0.3) is 0 Å². The Hall–Kier alpha value is -2.35. The number of carbonyl (C=O) groups is 2. The van der Waals surface area contributed by atoms with Crippen LogP contribution in [0.4, 0.5) is 0 Å². The fourth-order valence-corrected chi connectivity index (χ4v) is 3.70. The predicted octanol–water partition coefficient (Wildman–Crippen LogP) is 2.77. The normalized spacial score (nSPS) is 15.8. The highest BCUT2D eigenvalue weighted by molar-refractivity contribution is 6.32. The van der Waals surface area contributed by atoms with Gasteiger partial charge in [0.15, 0.2) is 0 Å². The number of benzene rings is 1. The molecule has 1 aromatic heterocycles. The van der Waals surface area contributed by atoms with Crippen LogP contribution in [-0.4, -0.2) is 59.4 Å². The smallest absolute Gasteiger partial charge is 0.255 e. The maximum atomic E-state index is 12.8. The van der Waals surface area contributed by atoms with E-state index in [1.807, 2.05) is 11.8 Å². The van der Waals surface area contributed by atoms with Gasteiger partial charge in [0, 0.05) is 37.4 Å². The van der Waals surface area contributed by atoms with Gasteiger partial charge in [-0.25, -0.2) is 4.98 Å². The molecule has 1 atom stereocenters. The average molecular weight is 437 g/mol. The molecule has 0 saturated carbocycles. The van der Waals surface area contributed by atoms with Gasteiger partial charge in [-0.1, -0.05) is 35.3 Å². The highest BCUT2D eigenvalue weighted by Gasteiger charge is 2.31. The fraction of sp³-hybridized carbons (Fsp3) is 0.350. The van der Waals surface area contributed by atoms with Crippen LogP contribution in [0, 0.1) is 0 Å². The van der Waals surface area contributed by atoms with Gasteiger partial charge >= 0.3 is 0 Å². The summed E-state index contributed by atoms with van der Waals surface area (Å²) in [5.41, 5.74) is 6.83. The van der Waals surface area contributed by atoms with Crippen molar-refractivity contribution >= 4 is 35.0 Å². The first-order chi connectivity index (χ1) is 13.9. The van der Waals surface area contributed by atoms with Gasteiger partial charge in [-0.3, -0.25) is 14.5 Å². The number of carbonyl (C=O) groups excluding carboxylic acids is 2. The number of primary amides is 1. The second-order valence-corrected chi connectivity index (χ2v) is 7.47. The van der Waals surface area contributed by atoms with E-state index >= 15 is 0 Å². The summed E-state index contributed by atoms with van der Waals surface area (Å²) in [4.78, 5) is 32.7. The minimum absolute atomic E-state index is 0.163. The van der Waals surface area contributed by atoms with E-state index in [-0.39, 0.29) is 5.91 Å². The summed E-state index contributed by atoms with van der Waals surface area (Å²) in [5.74, 6) is -0.290. The molecular weight excluding hydrogens is 415 g/mol. The lowest BCUT2D eigenvalue weighted by Crippen LogP contribution is -2.51. The van der Waals surface area contributed by atoms with Crippen molar-refractivity contribution in [2.45, 2.75) is 13.0 Å². The molecule has 1 unspecified atom stereocenters. The molecule has 9 heteroatoms. The summed E-state index contributed by atoms with van der Waals surface area (Å²) >= 11 is 12.1. The molecule has 1 aliphatic heterocycles. The van der Waals surface area contributed by atoms with Gasteiger partial charge in [0.05, 0.1) is 12.2 Å². The van der Waals surface area contributed by atoms with Gasteiger partial charge in [-0.05, 0) is 30.7 Å². The van der Waals surface area contributed by atoms with Crippen molar-refractivity contribution in [3.63, 3.8) is 0 Å². The Bertz CT molecular complexity index is 884. The van der Waals surface area contributed by atoms with Crippen molar-refractivity contribution in [2.75, 3.05) is 32.8 Å². The third-order valence-corrected chi connectivity index (χ3v) is 5.28. The Labute approximate surface area is 179 Å². The largest absolute Gasteiger partial charge is 0.477 e. The number of halogens is 2. The van der Waals surface area contributed by atoms with Crippen LogP contribution in [0.5, 0.6) is 5.88 Å². The second-order valence-electron chi connectivity index (χ2n) is 6.63. The topological polar surface area (TPSA) is 88.8 Å². The van der Waals surface area contributed by atoms with E-state index in [1.54, 1.807) is 35.2 Å². The molecule has 2 heterocycles. The van der Waals surface area contributed by atoms with Crippen LogP contribution in [0.3, 0.4) is 0 Å². The van der Waals surface area contributed by atoms with Crippen molar-refractivity contribution in [3.8, 4) is 5.88 Å². The van der Waals surface area contributed by atoms with Gasteiger partial charge in [0.1, 0.15) is 11.1 Å². The number of hydrogen-bond acceptors (Lipinski definition) is 5. The van der Waals surface area contributed by atoms with Crippen molar-refractivity contribution in [2.24, 2.45) is 5.73 Å². The van der Waals surface area contributed by atoms with E-state index in [9.17, 15) is 9.59 Å². The number of ether oxygens (including phenoxy) is 1. The monoisotopic (exact) mass is 436 g/mol. The van der Waals surface area contributed by atoms with Gasteiger partial charge in [0.25, 0.3) is 5.91 Å². The van der Waals surface area contributed by atoms with Gasteiger partial charge < -0.3 is 15.4 Å². The number of hydrogen-bond donors (Lipinski definition) is 1. The third kappa shape index (κ3) is 4.98. The number of nitrogens with zero attached hydrogens (tertiary/aromatic N) is 3. The van der Waals surface area contributed by atoms with Crippen molar-refractivity contribution in [1.82, 2.24) is 14.8 Å². The van der Waals surface area contributed by atoms with Gasteiger partial charge in [0.2, 0.25) is 11.8 Å². The molecule has 0 radical (unpaired) electrons. The first-order valence-electron chi connectivity index (χ1n) is 9.27. The molecule has 1 fully saturated rings. The standard InChI is InChI=1S/C20H22Cl2N4O3/c1-2-29-19-16(22)11-14(12-24-19)20(28)26-9-7-25(8-10-26)17(18(23)27)13-3-5-15(21)6-4-13/h3-6,11-12,17H,2,7-10H2,1H3,(H2,23,27). The molecule has 29 heavy (non-hydrogen) atoms. The SMILES string of the molecule is CCOc1ncc(C(=O)N2CCN(C(C(N)=O)c3ccc(Cl)cc3)CC2)cc1Cl. The highest BCUT2D eigenvalue weighted by atomic mass is 35.5. The van der Waals surface area contributed by atoms with E-state index in [0.717, 1.165) is 5.56 Å². The quantitative estimate of drug-likeness (QED) is 0.751. The summed E-state index contributed by atoms with van der Waals surface area (Å²) in [6, 6.07) is 8.05. The molecule has 3 rings (SSSR count). The highest BCUT2D eigenvalue weighted by Crippen LogP contribution is 2.26. The lowest BCUT2D eigenvalue weighted by atomic mass is 10.0. The van der Waals surface area contributed by atoms with Crippen LogP contribution in [0.2, 0.25) is 10.0 Å². The van der Waals surface area contributed by atoms with E-state index in [2.05, 4.69) is 4.98 Å². The third-order valence-electron chi connectivity index (χ3n) is 4.76. The van der Waals surface area contributed by atoms with Crippen LogP contribution < -0.4 is 10.5 Å². The molecule has 7 nitrogen and oxygen atoms in total. The van der Waals surface area contributed by atoms with E-state index in [1.165, 1.54) is 6.20 Å². The molecule has 154 valence electrons. The molecule has 0 aliphatic carbocycles. The van der Waals surface area contributed by atoms with Crippen LogP contribution in [0.1, 0.15) is 28.9 Å². The maximum absolute atomic E-state index is 12.8. The van der Waals surface area contributed by atoms with E-state index < -0.39 is 11.9 Å². The number of pyridine rings is 1. The first kappa shape index (κ1) is 21.4. The lowest BCUT2D eigenvalue weighted by Gasteiger charge is -2.38. The maximum Gasteiger partial charge on any atom is 0.255 e. The van der Waals surface area contributed by atoms with Gasteiger partial charge in [-0.15, -0.1) is 0 Å². The number of piperazine rings is 1. The fourth-order valence-electron chi connectivity index (χ4n) is 3.35.